The van der Waals surface area contributed by atoms with Gasteiger partial charge in [-0.15, -0.1) is 0 Å². The molecule has 2 atom stereocenters. The van der Waals surface area contributed by atoms with E-state index in [2.05, 4.69) is 15.0 Å². The molecule has 2 aromatic heterocycles. The van der Waals surface area contributed by atoms with Crippen molar-refractivity contribution in [3.63, 3.8) is 0 Å². The number of carboxylic acids is 1. The van der Waals surface area contributed by atoms with Crippen LogP contribution in [0.4, 0.5) is 0 Å². The Balaban J connectivity index is 1.72. The fraction of sp³-hybridized carbons (Fsp3) is 0.462. The van der Waals surface area contributed by atoms with Gasteiger partial charge in [-0.2, -0.15) is 0 Å². The van der Waals surface area contributed by atoms with Crippen molar-refractivity contribution in [2.75, 3.05) is 0 Å². The smallest absolute Gasteiger partial charge is 0.337 e. The number of rotatable bonds is 2. The molecule has 2 unspecified atom stereocenters. The average Bonchev–Trinajstić information content (AvgIpc) is 2.81. The number of nitrogens with one attached hydrogen (secondary N) is 1. The molecular weight excluding hydrogens is 230 g/mol. The van der Waals surface area contributed by atoms with Gasteiger partial charge in [-0.25, -0.2) is 14.8 Å². The number of hydrogen-bond acceptors (Lipinski definition) is 3. The molecule has 2 aliphatic carbocycles. The Bertz CT molecular complexity index is 639. The number of hydrogen-bond donors (Lipinski definition) is 2. The highest BCUT2D eigenvalue weighted by Gasteiger charge is 2.47. The third-order valence-electron chi connectivity index (χ3n) is 4.23. The number of H-pyrrole nitrogens is 1. The Morgan fingerprint density at radius 1 is 1.33 bits per heavy atom. The molecule has 0 amide bonds. The van der Waals surface area contributed by atoms with E-state index in [0.717, 1.165) is 23.2 Å². The van der Waals surface area contributed by atoms with Gasteiger partial charge in [-0.3, -0.25) is 0 Å². The summed E-state index contributed by atoms with van der Waals surface area (Å²) in [6.45, 7) is 0. The molecule has 0 aromatic carbocycles. The molecule has 5 nitrogen and oxygen atoms in total. The minimum atomic E-state index is -0.956. The normalized spacial score (nSPS) is 29.4. The van der Waals surface area contributed by atoms with Crippen LogP contribution in [-0.2, 0) is 0 Å². The second-order valence-electron chi connectivity index (χ2n) is 5.45. The van der Waals surface area contributed by atoms with Crippen LogP contribution in [0.3, 0.4) is 0 Å². The lowest BCUT2D eigenvalue weighted by Crippen LogP contribution is -1.97. The van der Waals surface area contributed by atoms with Crippen molar-refractivity contribution in [3.05, 3.63) is 23.7 Å². The summed E-state index contributed by atoms with van der Waals surface area (Å²) in [7, 11) is 0. The van der Waals surface area contributed by atoms with Crippen LogP contribution in [0.5, 0.6) is 0 Å². The quantitative estimate of drug-likeness (QED) is 0.847. The zero-order chi connectivity index (χ0) is 12.3. The van der Waals surface area contributed by atoms with E-state index in [9.17, 15) is 4.79 Å². The van der Waals surface area contributed by atoms with E-state index in [4.69, 9.17) is 5.11 Å². The van der Waals surface area contributed by atoms with Crippen molar-refractivity contribution >= 4 is 17.1 Å². The van der Waals surface area contributed by atoms with Crippen molar-refractivity contribution < 1.29 is 9.90 Å². The first kappa shape index (κ1) is 10.1. The highest BCUT2D eigenvalue weighted by atomic mass is 16.4. The van der Waals surface area contributed by atoms with Gasteiger partial charge in [0.05, 0.1) is 11.1 Å². The van der Waals surface area contributed by atoms with Gasteiger partial charge < -0.3 is 10.1 Å². The van der Waals surface area contributed by atoms with E-state index in [1.165, 1.54) is 25.5 Å². The molecule has 2 aromatic rings. The average molecular weight is 243 g/mol. The van der Waals surface area contributed by atoms with E-state index in [-0.39, 0.29) is 5.56 Å². The second-order valence-corrected chi connectivity index (χ2v) is 5.45. The van der Waals surface area contributed by atoms with Gasteiger partial charge >= 0.3 is 5.97 Å². The van der Waals surface area contributed by atoms with Crippen molar-refractivity contribution in [1.82, 2.24) is 15.0 Å². The number of fused-ring (bicyclic) bond motifs is 2. The molecule has 0 aliphatic heterocycles. The second kappa shape index (κ2) is 3.31. The number of aromatic nitrogens is 3. The highest BCUT2D eigenvalue weighted by Crippen LogP contribution is 2.57. The molecular formula is C13H13N3O2. The third-order valence-corrected chi connectivity index (χ3v) is 4.23. The predicted molar refractivity (Wildman–Crippen MR) is 64.4 cm³/mol. The first-order chi connectivity index (χ1) is 8.70. The van der Waals surface area contributed by atoms with Gasteiger partial charge in [0.25, 0.3) is 0 Å². The summed E-state index contributed by atoms with van der Waals surface area (Å²) >= 11 is 0. The Morgan fingerprint density at radius 3 is 2.83 bits per heavy atom. The van der Waals surface area contributed by atoms with Crippen LogP contribution >= 0.6 is 0 Å². The zero-order valence-electron chi connectivity index (χ0n) is 9.76. The van der Waals surface area contributed by atoms with Crippen LogP contribution in [0, 0.1) is 11.8 Å². The first-order valence-electron chi connectivity index (χ1n) is 6.29. The number of nitrogens with zero attached hydrogens (tertiary/aromatic N) is 2. The van der Waals surface area contributed by atoms with Crippen LogP contribution in [0.15, 0.2) is 12.3 Å². The molecule has 18 heavy (non-hydrogen) atoms. The number of carbonyl (C=O) groups is 1. The molecule has 4 rings (SSSR count). The van der Waals surface area contributed by atoms with E-state index >= 15 is 0 Å². The fourth-order valence-electron chi connectivity index (χ4n) is 3.17. The van der Waals surface area contributed by atoms with Gasteiger partial charge in [-0.05, 0) is 37.2 Å². The molecule has 2 aliphatic rings. The number of pyridine rings is 1. The maximum absolute atomic E-state index is 10.9. The maximum Gasteiger partial charge on any atom is 0.337 e. The van der Waals surface area contributed by atoms with Crippen molar-refractivity contribution in [2.45, 2.75) is 25.2 Å². The summed E-state index contributed by atoms with van der Waals surface area (Å²) < 4.78 is 0. The topological polar surface area (TPSA) is 78.9 Å². The minimum Gasteiger partial charge on any atom is -0.478 e. The SMILES string of the molecule is O=C(O)c1cnc2nc(C3CC4CC4C3)[nH]c2c1. The van der Waals surface area contributed by atoms with Crippen LogP contribution in [0.25, 0.3) is 11.2 Å². The van der Waals surface area contributed by atoms with Crippen LogP contribution < -0.4 is 0 Å². The van der Waals surface area contributed by atoms with Gasteiger partial charge in [0.1, 0.15) is 5.82 Å². The molecule has 0 saturated heterocycles. The minimum absolute atomic E-state index is 0.201. The highest BCUT2D eigenvalue weighted by molar-refractivity contribution is 5.90. The Labute approximate surface area is 103 Å². The molecule has 2 fully saturated rings. The molecule has 0 bridgehead atoms. The van der Waals surface area contributed by atoms with E-state index in [0.29, 0.717) is 11.6 Å². The van der Waals surface area contributed by atoms with Gasteiger partial charge in [0.2, 0.25) is 0 Å². The largest absolute Gasteiger partial charge is 0.478 e. The predicted octanol–water partition coefficient (Wildman–Crippen LogP) is 2.17. The summed E-state index contributed by atoms with van der Waals surface area (Å²) in [6, 6.07) is 1.61. The lowest BCUT2D eigenvalue weighted by Gasteiger charge is -2.06. The molecule has 0 radical (unpaired) electrons. The van der Waals surface area contributed by atoms with Crippen LogP contribution in [0.1, 0.15) is 41.4 Å². The summed E-state index contributed by atoms with van der Waals surface area (Å²) in [6.07, 6.45) is 5.19. The van der Waals surface area contributed by atoms with E-state index < -0.39 is 5.97 Å². The van der Waals surface area contributed by atoms with Gasteiger partial charge in [0.15, 0.2) is 5.65 Å². The summed E-state index contributed by atoms with van der Waals surface area (Å²) in [5, 5.41) is 8.93. The summed E-state index contributed by atoms with van der Waals surface area (Å²) in [4.78, 5) is 22.7. The molecule has 2 saturated carbocycles. The monoisotopic (exact) mass is 243 g/mol. The molecule has 5 heteroatoms. The molecule has 92 valence electrons. The zero-order valence-corrected chi connectivity index (χ0v) is 9.76. The Hall–Kier alpha value is -1.91. The lowest BCUT2D eigenvalue weighted by atomic mass is 10.0. The van der Waals surface area contributed by atoms with Crippen LogP contribution in [0.2, 0.25) is 0 Å². The number of carboxylic acid groups (broad SMARTS) is 1. The van der Waals surface area contributed by atoms with Crippen molar-refractivity contribution in [1.29, 1.82) is 0 Å². The lowest BCUT2D eigenvalue weighted by molar-refractivity contribution is 0.0696. The third kappa shape index (κ3) is 1.43. The van der Waals surface area contributed by atoms with E-state index in [1.807, 2.05) is 0 Å². The first-order valence-corrected chi connectivity index (χ1v) is 6.29. The van der Waals surface area contributed by atoms with Crippen LogP contribution in [-0.4, -0.2) is 26.0 Å². The van der Waals surface area contributed by atoms with Gasteiger partial charge in [0, 0.05) is 12.1 Å². The molecule has 2 N–H and O–H groups in total. The summed E-state index contributed by atoms with van der Waals surface area (Å²) in [5.41, 5.74) is 1.55. The maximum atomic E-state index is 10.9. The molecule has 0 spiro atoms. The Kier molecular flexibility index (Phi) is 1.85. The summed E-state index contributed by atoms with van der Waals surface area (Å²) in [5.74, 6) is 2.35. The van der Waals surface area contributed by atoms with E-state index in [1.54, 1.807) is 6.07 Å². The Morgan fingerprint density at radius 2 is 2.11 bits per heavy atom. The number of imidazole rings is 1. The van der Waals surface area contributed by atoms with Crippen molar-refractivity contribution in [2.24, 2.45) is 11.8 Å². The number of aromatic amines is 1. The van der Waals surface area contributed by atoms with Crippen molar-refractivity contribution in [3.8, 4) is 0 Å². The fourth-order valence-corrected chi connectivity index (χ4v) is 3.17. The standard InChI is InChI=1S/C13H13N3O2/c17-13(18)9-4-10-12(14-5-9)16-11(15-10)8-2-6-1-7(6)3-8/h4-8H,1-3H2,(H,17,18)(H,14,15,16). The number of aromatic carboxylic acids is 1. The molecule has 2 heterocycles. The van der Waals surface area contributed by atoms with Gasteiger partial charge in [-0.1, -0.05) is 0 Å².